The summed E-state index contributed by atoms with van der Waals surface area (Å²) < 4.78 is 11.2. The number of rotatable bonds is 3. The Morgan fingerprint density at radius 3 is 2.86 bits per heavy atom. The molecule has 1 fully saturated rings. The zero-order chi connectivity index (χ0) is 15.5. The van der Waals surface area contributed by atoms with Gasteiger partial charge in [0.25, 0.3) is 0 Å². The van der Waals surface area contributed by atoms with Crippen LogP contribution in [0.25, 0.3) is 0 Å². The number of amides is 1. The molecule has 2 N–H and O–H groups in total. The third-order valence-electron chi connectivity index (χ3n) is 3.10. The summed E-state index contributed by atoms with van der Waals surface area (Å²) in [6.07, 6.45) is 2.16. The lowest BCUT2D eigenvalue weighted by molar-refractivity contribution is 0.0275. The number of ether oxygens (including phenoxy) is 2. The van der Waals surface area contributed by atoms with Crippen molar-refractivity contribution in [2.75, 3.05) is 13.1 Å². The fraction of sp³-hybridized carbons (Fsp3) is 0.600. The second kappa shape index (κ2) is 7.65. The van der Waals surface area contributed by atoms with Gasteiger partial charge in [0, 0.05) is 31.8 Å². The first-order valence-corrected chi connectivity index (χ1v) is 7.17. The van der Waals surface area contributed by atoms with Crippen LogP contribution in [0.4, 0.5) is 4.79 Å². The van der Waals surface area contributed by atoms with Crippen LogP contribution >= 0.6 is 12.4 Å². The molecule has 2 heterocycles. The molecule has 7 heteroatoms. The zero-order valence-electron chi connectivity index (χ0n) is 13.2. The van der Waals surface area contributed by atoms with E-state index in [9.17, 15) is 4.79 Å². The SMILES string of the molecule is CC(C)(C)OC(=O)N1CCC(Oc2ccnc(CN)c2)C1.Cl. The highest BCUT2D eigenvalue weighted by atomic mass is 35.5. The van der Waals surface area contributed by atoms with Crippen LogP contribution < -0.4 is 10.5 Å². The van der Waals surface area contributed by atoms with Crippen LogP contribution in [0, 0.1) is 0 Å². The van der Waals surface area contributed by atoms with E-state index in [1.165, 1.54) is 0 Å². The molecule has 0 aromatic carbocycles. The van der Waals surface area contributed by atoms with E-state index in [0.717, 1.165) is 17.9 Å². The van der Waals surface area contributed by atoms with E-state index in [4.69, 9.17) is 15.2 Å². The van der Waals surface area contributed by atoms with E-state index in [1.807, 2.05) is 26.8 Å². The number of carbonyl (C=O) groups excluding carboxylic acids is 1. The van der Waals surface area contributed by atoms with Crippen LogP contribution in [-0.4, -0.2) is 40.8 Å². The maximum Gasteiger partial charge on any atom is 0.410 e. The Morgan fingerprint density at radius 1 is 1.50 bits per heavy atom. The van der Waals surface area contributed by atoms with E-state index in [1.54, 1.807) is 17.2 Å². The van der Waals surface area contributed by atoms with Crippen molar-refractivity contribution < 1.29 is 14.3 Å². The summed E-state index contributed by atoms with van der Waals surface area (Å²) in [6, 6.07) is 3.63. The maximum absolute atomic E-state index is 12.0. The summed E-state index contributed by atoms with van der Waals surface area (Å²) in [5.74, 6) is 0.737. The lowest BCUT2D eigenvalue weighted by Gasteiger charge is -2.24. The molecular formula is C15H24ClN3O3. The topological polar surface area (TPSA) is 77.7 Å². The Bertz CT molecular complexity index is 505. The molecule has 0 bridgehead atoms. The van der Waals surface area contributed by atoms with Crippen LogP contribution in [-0.2, 0) is 11.3 Å². The van der Waals surface area contributed by atoms with E-state index >= 15 is 0 Å². The van der Waals surface area contributed by atoms with Crippen molar-refractivity contribution >= 4 is 18.5 Å². The van der Waals surface area contributed by atoms with E-state index < -0.39 is 5.60 Å². The number of hydrogen-bond acceptors (Lipinski definition) is 5. The van der Waals surface area contributed by atoms with E-state index in [-0.39, 0.29) is 24.6 Å². The summed E-state index contributed by atoms with van der Waals surface area (Å²) >= 11 is 0. The number of likely N-dealkylation sites (tertiary alicyclic amines) is 1. The minimum absolute atomic E-state index is 0. The Morgan fingerprint density at radius 2 is 2.23 bits per heavy atom. The third-order valence-corrected chi connectivity index (χ3v) is 3.10. The molecule has 1 saturated heterocycles. The lowest BCUT2D eigenvalue weighted by Crippen LogP contribution is -2.36. The van der Waals surface area contributed by atoms with Gasteiger partial charge in [-0.05, 0) is 26.8 Å². The number of hydrogen-bond donors (Lipinski definition) is 1. The fourth-order valence-electron chi connectivity index (χ4n) is 2.15. The number of nitrogens with two attached hydrogens (primary N) is 1. The van der Waals surface area contributed by atoms with Gasteiger partial charge in [0.05, 0.1) is 12.2 Å². The molecule has 6 nitrogen and oxygen atoms in total. The van der Waals surface area contributed by atoms with Crippen LogP contribution in [0.2, 0.25) is 0 Å². The van der Waals surface area contributed by atoms with Gasteiger partial charge in [0.2, 0.25) is 0 Å². The Hall–Kier alpha value is -1.53. The number of nitrogens with zero attached hydrogens (tertiary/aromatic N) is 2. The smallest absolute Gasteiger partial charge is 0.410 e. The molecule has 1 unspecified atom stereocenters. The quantitative estimate of drug-likeness (QED) is 0.921. The van der Waals surface area contributed by atoms with Gasteiger partial charge in [-0.15, -0.1) is 12.4 Å². The molecule has 22 heavy (non-hydrogen) atoms. The van der Waals surface area contributed by atoms with Gasteiger partial charge in [-0.3, -0.25) is 4.98 Å². The van der Waals surface area contributed by atoms with Gasteiger partial charge in [-0.2, -0.15) is 0 Å². The monoisotopic (exact) mass is 329 g/mol. The van der Waals surface area contributed by atoms with Crippen molar-refractivity contribution in [1.82, 2.24) is 9.88 Å². The molecule has 0 aliphatic carbocycles. The molecule has 0 spiro atoms. The Balaban J connectivity index is 0.00000242. The predicted molar refractivity (Wildman–Crippen MR) is 86.2 cm³/mol. The standard InChI is InChI=1S/C15H23N3O3.ClH/c1-15(2,3)21-14(19)18-7-5-13(10-18)20-12-4-6-17-11(8-12)9-16;/h4,6,8,13H,5,7,9-10,16H2,1-3H3;1H. The molecule has 0 radical (unpaired) electrons. The van der Waals surface area contributed by atoms with Crippen molar-refractivity contribution in [2.24, 2.45) is 5.73 Å². The number of halogens is 1. The zero-order valence-corrected chi connectivity index (χ0v) is 14.1. The molecule has 1 atom stereocenters. The van der Waals surface area contributed by atoms with Crippen molar-refractivity contribution in [3.8, 4) is 5.75 Å². The second-order valence-electron chi connectivity index (χ2n) is 6.14. The number of aromatic nitrogens is 1. The molecule has 1 aliphatic rings. The summed E-state index contributed by atoms with van der Waals surface area (Å²) in [5.41, 5.74) is 5.87. The molecule has 0 saturated carbocycles. The highest BCUT2D eigenvalue weighted by Crippen LogP contribution is 2.20. The maximum atomic E-state index is 12.0. The van der Waals surface area contributed by atoms with E-state index in [0.29, 0.717) is 19.6 Å². The normalized spacial score (nSPS) is 17.8. The highest BCUT2D eigenvalue weighted by Gasteiger charge is 2.30. The van der Waals surface area contributed by atoms with Crippen molar-refractivity contribution in [3.05, 3.63) is 24.0 Å². The van der Waals surface area contributed by atoms with Crippen molar-refractivity contribution in [3.63, 3.8) is 0 Å². The molecular weight excluding hydrogens is 306 g/mol. The van der Waals surface area contributed by atoms with Crippen molar-refractivity contribution in [2.45, 2.75) is 45.4 Å². The first-order valence-electron chi connectivity index (χ1n) is 7.17. The molecule has 1 aromatic rings. The lowest BCUT2D eigenvalue weighted by atomic mass is 10.2. The average molecular weight is 330 g/mol. The highest BCUT2D eigenvalue weighted by molar-refractivity contribution is 5.85. The summed E-state index contributed by atoms with van der Waals surface area (Å²) in [6.45, 7) is 7.15. The minimum Gasteiger partial charge on any atom is -0.488 e. The van der Waals surface area contributed by atoms with Crippen LogP contribution in [0.1, 0.15) is 32.9 Å². The van der Waals surface area contributed by atoms with Gasteiger partial charge < -0.3 is 20.1 Å². The van der Waals surface area contributed by atoms with Crippen LogP contribution in [0.15, 0.2) is 18.3 Å². The Kier molecular flexibility index (Phi) is 6.44. The van der Waals surface area contributed by atoms with Gasteiger partial charge in [0.1, 0.15) is 17.5 Å². The number of pyridine rings is 1. The Labute approximate surface area is 137 Å². The fourth-order valence-corrected chi connectivity index (χ4v) is 2.15. The van der Waals surface area contributed by atoms with E-state index in [2.05, 4.69) is 4.98 Å². The first-order chi connectivity index (χ1) is 9.87. The average Bonchev–Trinajstić information content (AvgIpc) is 2.85. The number of carbonyl (C=O) groups is 1. The predicted octanol–water partition coefficient (Wildman–Crippen LogP) is 2.35. The largest absolute Gasteiger partial charge is 0.488 e. The second-order valence-corrected chi connectivity index (χ2v) is 6.14. The van der Waals surface area contributed by atoms with Gasteiger partial charge in [-0.1, -0.05) is 0 Å². The molecule has 1 amide bonds. The van der Waals surface area contributed by atoms with Gasteiger partial charge >= 0.3 is 6.09 Å². The van der Waals surface area contributed by atoms with Gasteiger partial charge in [0.15, 0.2) is 0 Å². The van der Waals surface area contributed by atoms with Gasteiger partial charge in [-0.25, -0.2) is 4.79 Å². The molecule has 2 rings (SSSR count). The summed E-state index contributed by atoms with van der Waals surface area (Å²) in [4.78, 5) is 17.8. The summed E-state index contributed by atoms with van der Waals surface area (Å²) in [5, 5.41) is 0. The molecule has 1 aromatic heterocycles. The first kappa shape index (κ1) is 18.5. The molecule has 1 aliphatic heterocycles. The summed E-state index contributed by atoms with van der Waals surface area (Å²) in [7, 11) is 0. The minimum atomic E-state index is -0.475. The van der Waals surface area contributed by atoms with Crippen LogP contribution in [0.3, 0.4) is 0 Å². The van der Waals surface area contributed by atoms with Crippen LogP contribution in [0.5, 0.6) is 5.75 Å². The molecule has 124 valence electrons. The third kappa shape index (κ3) is 5.35. The van der Waals surface area contributed by atoms with Crippen molar-refractivity contribution in [1.29, 1.82) is 0 Å².